The molecular weight excluding hydrogens is 238 g/mol. The van der Waals surface area contributed by atoms with Crippen LogP contribution in [0, 0.1) is 18.6 Å². The minimum atomic E-state index is -1.34. The third-order valence-corrected chi connectivity index (χ3v) is 2.72. The van der Waals surface area contributed by atoms with Gasteiger partial charge in [0, 0.05) is 5.56 Å². The summed E-state index contributed by atoms with van der Waals surface area (Å²) in [6.07, 6.45) is 0. The van der Waals surface area contributed by atoms with Crippen molar-refractivity contribution in [3.05, 3.63) is 59.2 Å². The molecule has 0 saturated carbocycles. The Morgan fingerprint density at radius 3 is 2.50 bits per heavy atom. The summed E-state index contributed by atoms with van der Waals surface area (Å²) in [7, 11) is 0. The molecule has 0 radical (unpaired) electrons. The number of carboxylic acid groups (broad SMARTS) is 1. The summed E-state index contributed by atoms with van der Waals surface area (Å²) in [6, 6.07) is 8.04. The lowest BCUT2D eigenvalue weighted by atomic mass is 9.98. The Bertz CT molecular complexity index is 621. The van der Waals surface area contributed by atoms with E-state index in [1.807, 2.05) is 0 Å². The fourth-order valence-electron chi connectivity index (χ4n) is 1.79. The number of carbonyl (C=O) groups is 1. The number of halogens is 2. The van der Waals surface area contributed by atoms with E-state index in [-0.39, 0.29) is 5.56 Å². The van der Waals surface area contributed by atoms with E-state index in [1.165, 1.54) is 36.4 Å². The lowest BCUT2D eigenvalue weighted by Crippen LogP contribution is -2.02. The molecule has 0 atom stereocenters. The Balaban J connectivity index is 2.68. The van der Waals surface area contributed by atoms with Gasteiger partial charge in [0.15, 0.2) is 0 Å². The van der Waals surface area contributed by atoms with Crippen LogP contribution in [-0.2, 0) is 0 Å². The highest BCUT2D eigenvalue weighted by Crippen LogP contribution is 2.28. The van der Waals surface area contributed by atoms with E-state index in [0.29, 0.717) is 11.1 Å². The average molecular weight is 248 g/mol. The van der Waals surface area contributed by atoms with Crippen LogP contribution in [-0.4, -0.2) is 11.1 Å². The summed E-state index contributed by atoms with van der Waals surface area (Å²) in [4.78, 5) is 10.8. The fourth-order valence-corrected chi connectivity index (χ4v) is 1.79. The highest BCUT2D eigenvalue weighted by Gasteiger charge is 2.16. The van der Waals surface area contributed by atoms with Crippen LogP contribution in [0.3, 0.4) is 0 Å². The first-order valence-corrected chi connectivity index (χ1v) is 5.29. The van der Waals surface area contributed by atoms with Gasteiger partial charge in [-0.1, -0.05) is 18.2 Å². The van der Waals surface area contributed by atoms with Crippen LogP contribution in [0.25, 0.3) is 11.1 Å². The molecule has 0 aliphatic rings. The minimum absolute atomic E-state index is 0.0897. The van der Waals surface area contributed by atoms with Crippen LogP contribution in [0.2, 0.25) is 0 Å². The zero-order chi connectivity index (χ0) is 13.3. The van der Waals surface area contributed by atoms with Crippen LogP contribution < -0.4 is 0 Å². The molecule has 2 aromatic rings. The third-order valence-electron chi connectivity index (χ3n) is 2.72. The number of carboxylic acids is 1. The van der Waals surface area contributed by atoms with Crippen LogP contribution in [0.1, 0.15) is 15.9 Å². The first-order valence-electron chi connectivity index (χ1n) is 5.29. The Labute approximate surface area is 103 Å². The highest BCUT2D eigenvalue weighted by atomic mass is 19.1. The zero-order valence-electron chi connectivity index (χ0n) is 9.58. The summed E-state index contributed by atoms with van der Waals surface area (Å²) >= 11 is 0. The Morgan fingerprint density at radius 1 is 1.11 bits per heavy atom. The molecule has 1 N–H and O–H groups in total. The predicted octanol–water partition coefficient (Wildman–Crippen LogP) is 3.64. The van der Waals surface area contributed by atoms with Gasteiger partial charge in [0.25, 0.3) is 0 Å². The number of hydrogen-bond donors (Lipinski definition) is 1. The molecular formula is C14H10F2O2. The summed E-state index contributed by atoms with van der Waals surface area (Å²) in [5, 5.41) is 8.85. The van der Waals surface area contributed by atoms with Crippen molar-refractivity contribution >= 4 is 5.97 Å². The minimum Gasteiger partial charge on any atom is -0.478 e. The van der Waals surface area contributed by atoms with Crippen molar-refractivity contribution in [1.29, 1.82) is 0 Å². The van der Waals surface area contributed by atoms with E-state index < -0.39 is 23.2 Å². The maximum absolute atomic E-state index is 14.0. The van der Waals surface area contributed by atoms with Gasteiger partial charge in [0.05, 0.1) is 5.56 Å². The van der Waals surface area contributed by atoms with Gasteiger partial charge in [-0.05, 0) is 36.2 Å². The van der Waals surface area contributed by atoms with Crippen LogP contribution >= 0.6 is 0 Å². The van der Waals surface area contributed by atoms with E-state index >= 15 is 0 Å². The van der Waals surface area contributed by atoms with Crippen molar-refractivity contribution in [2.24, 2.45) is 0 Å². The van der Waals surface area contributed by atoms with E-state index in [9.17, 15) is 13.6 Å². The van der Waals surface area contributed by atoms with Crippen molar-refractivity contribution in [1.82, 2.24) is 0 Å². The van der Waals surface area contributed by atoms with Gasteiger partial charge in [-0.15, -0.1) is 0 Å². The zero-order valence-corrected chi connectivity index (χ0v) is 9.58. The molecule has 0 amide bonds. The second-order valence-electron chi connectivity index (χ2n) is 3.93. The quantitative estimate of drug-likeness (QED) is 0.880. The van der Waals surface area contributed by atoms with Crippen molar-refractivity contribution in [2.45, 2.75) is 6.92 Å². The molecule has 0 aromatic heterocycles. The smallest absolute Gasteiger partial charge is 0.338 e. The molecule has 2 aromatic carbocycles. The molecule has 0 aliphatic heterocycles. The van der Waals surface area contributed by atoms with Gasteiger partial charge in [-0.25, -0.2) is 13.6 Å². The summed E-state index contributed by atoms with van der Waals surface area (Å²) in [6.45, 7) is 1.71. The lowest BCUT2D eigenvalue weighted by Gasteiger charge is -2.09. The average Bonchev–Trinajstić information content (AvgIpc) is 2.32. The van der Waals surface area contributed by atoms with Gasteiger partial charge in [-0.3, -0.25) is 0 Å². The highest BCUT2D eigenvalue weighted by molar-refractivity contribution is 5.90. The molecule has 92 valence electrons. The lowest BCUT2D eigenvalue weighted by molar-refractivity contribution is 0.0692. The standard InChI is InChI=1S/C14H10F2O2/c1-8-5-6-9(15)7-12(8)10-3-2-4-11(13(10)16)14(17)18/h2-7H,1H3,(H,17,18). The van der Waals surface area contributed by atoms with Crippen LogP contribution in [0.15, 0.2) is 36.4 Å². The first-order chi connectivity index (χ1) is 8.50. The maximum atomic E-state index is 14.0. The third kappa shape index (κ3) is 2.09. The SMILES string of the molecule is Cc1ccc(F)cc1-c1cccc(C(=O)O)c1F. The Hall–Kier alpha value is -2.23. The molecule has 2 rings (SSSR count). The predicted molar refractivity (Wildman–Crippen MR) is 63.5 cm³/mol. The Kier molecular flexibility index (Phi) is 3.10. The first kappa shape index (κ1) is 12.2. The molecule has 2 nitrogen and oxygen atoms in total. The van der Waals surface area contributed by atoms with E-state index in [2.05, 4.69) is 0 Å². The molecule has 0 bridgehead atoms. The molecule has 0 unspecified atom stereocenters. The molecule has 18 heavy (non-hydrogen) atoms. The molecule has 0 saturated heterocycles. The van der Waals surface area contributed by atoms with Crippen LogP contribution in [0.4, 0.5) is 8.78 Å². The number of aromatic carboxylic acids is 1. The van der Waals surface area contributed by atoms with Crippen molar-refractivity contribution in [3.8, 4) is 11.1 Å². The molecule has 0 heterocycles. The summed E-state index contributed by atoms with van der Waals surface area (Å²) in [5.74, 6) is -2.68. The fraction of sp³-hybridized carbons (Fsp3) is 0.0714. The van der Waals surface area contributed by atoms with Crippen LogP contribution in [0.5, 0.6) is 0 Å². The van der Waals surface area contributed by atoms with Gasteiger partial charge in [0.2, 0.25) is 0 Å². The van der Waals surface area contributed by atoms with Crippen molar-refractivity contribution < 1.29 is 18.7 Å². The number of rotatable bonds is 2. The Morgan fingerprint density at radius 2 is 1.83 bits per heavy atom. The van der Waals surface area contributed by atoms with Crippen molar-refractivity contribution in [3.63, 3.8) is 0 Å². The topological polar surface area (TPSA) is 37.3 Å². The monoisotopic (exact) mass is 248 g/mol. The van der Waals surface area contributed by atoms with E-state index in [0.717, 1.165) is 0 Å². The van der Waals surface area contributed by atoms with Gasteiger partial charge in [0.1, 0.15) is 11.6 Å². The van der Waals surface area contributed by atoms with E-state index in [4.69, 9.17) is 5.11 Å². The van der Waals surface area contributed by atoms with Gasteiger partial charge < -0.3 is 5.11 Å². The molecule has 0 aliphatic carbocycles. The van der Waals surface area contributed by atoms with Gasteiger partial charge >= 0.3 is 5.97 Å². The molecule has 0 fully saturated rings. The second-order valence-corrected chi connectivity index (χ2v) is 3.93. The summed E-state index contributed by atoms with van der Waals surface area (Å²) in [5.41, 5.74) is 0.705. The maximum Gasteiger partial charge on any atom is 0.338 e. The number of aryl methyl sites for hydroxylation is 1. The normalized spacial score (nSPS) is 10.4. The number of hydrogen-bond acceptors (Lipinski definition) is 1. The molecule has 4 heteroatoms. The number of benzene rings is 2. The second kappa shape index (κ2) is 4.56. The molecule has 0 spiro atoms. The van der Waals surface area contributed by atoms with Crippen molar-refractivity contribution in [2.75, 3.05) is 0 Å². The van der Waals surface area contributed by atoms with Gasteiger partial charge in [-0.2, -0.15) is 0 Å². The van der Waals surface area contributed by atoms with E-state index in [1.54, 1.807) is 6.92 Å². The largest absolute Gasteiger partial charge is 0.478 e. The summed E-state index contributed by atoms with van der Waals surface area (Å²) < 4.78 is 27.2.